The number of carboxylic acid groups (broad SMARTS) is 1. The topological polar surface area (TPSA) is 54.4 Å². The van der Waals surface area contributed by atoms with E-state index in [0.29, 0.717) is 6.42 Å². The number of benzene rings is 1. The van der Waals surface area contributed by atoms with E-state index in [2.05, 4.69) is 0 Å². The van der Waals surface area contributed by atoms with Crippen LogP contribution in [0.3, 0.4) is 0 Å². The first-order valence-corrected chi connectivity index (χ1v) is 5.32. The molecule has 0 saturated heterocycles. The van der Waals surface area contributed by atoms with E-state index in [9.17, 15) is 9.59 Å². The fourth-order valence-electron chi connectivity index (χ4n) is 1.82. The van der Waals surface area contributed by atoms with Crippen LogP contribution in [-0.4, -0.2) is 16.9 Å². The highest BCUT2D eigenvalue weighted by atomic mass is 16.4. The fraction of sp³-hybridized carbons (Fsp3) is 0.143. The number of carboxylic acids is 1. The minimum absolute atomic E-state index is 0.0608. The number of aromatic carboxylic acids is 1. The van der Waals surface area contributed by atoms with Crippen LogP contribution >= 0.6 is 0 Å². The molecule has 0 heterocycles. The molecule has 0 aromatic heterocycles. The van der Waals surface area contributed by atoms with E-state index in [-0.39, 0.29) is 11.3 Å². The number of allylic oxidation sites excluding steroid dienone is 4. The Morgan fingerprint density at radius 2 is 2.00 bits per heavy atom. The summed E-state index contributed by atoms with van der Waals surface area (Å²) in [7, 11) is 0. The molecule has 0 unspecified atom stereocenters. The lowest BCUT2D eigenvalue weighted by Crippen LogP contribution is -1.98. The van der Waals surface area contributed by atoms with Crippen molar-refractivity contribution in [2.45, 2.75) is 13.3 Å². The van der Waals surface area contributed by atoms with E-state index >= 15 is 0 Å². The van der Waals surface area contributed by atoms with Gasteiger partial charge < -0.3 is 5.11 Å². The lowest BCUT2D eigenvalue weighted by Gasteiger charge is -2.04. The molecule has 3 heteroatoms. The van der Waals surface area contributed by atoms with Crippen LogP contribution in [0.15, 0.2) is 42.0 Å². The third kappa shape index (κ3) is 2.33. The van der Waals surface area contributed by atoms with Gasteiger partial charge in [0.25, 0.3) is 0 Å². The summed E-state index contributed by atoms with van der Waals surface area (Å²) in [6.07, 6.45) is 4.25. The minimum atomic E-state index is -0.940. The summed E-state index contributed by atoms with van der Waals surface area (Å²) < 4.78 is 0. The lowest BCUT2D eigenvalue weighted by molar-refractivity contribution is -0.113. The fourth-order valence-corrected chi connectivity index (χ4v) is 1.82. The van der Waals surface area contributed by atoms with Gasteiger partial charge in [-0.05, 0) is 35.8 Å². The van der Waals surface area contributed by atoms with E-state index in [1.807, 2.05) is 12.1 Å². The summed E-state index contributed by atoms with van der Waals surface area (Å²) >= 11 is 0. The largest absolute Gasteiger partial charge is 0.478 e. The van der Waals surface area contributed by atoms with Gasteiger partial charge >= 0.3 is 5.97 Å². The Hall–Kier alpha value is -2.16. The highest BCUT2D eigenvalue weighted by Gasteiger charge is 2.14. The molecular weight excluding hydrogens is 216 g/mol. The zero-order valence-electron chi connectivity index (χ0n) is 9.43. The number of carbonyl (C=O) groups excluding carboxylic acids is 1. The number of Topliss-reactive ketones (excluding diaryl/α,β-unsaturated/α-hetero) is 1. The average Bonchev–Trinajstić information content (AvgIpc) is 2.78. The number of carbonyl (C=O) groups is 2. The second kappa shape index (κ2) is 4.37. The van der Waals surface area contributed by atoms with E-state index in [4.69, 9.17) is 5.11 Å². The third-order valence-corrected chi connectivity index (χ3v) is 2.80. The summed E-state index contributed by atoms with van der Waals surface area (Å²) in [6.45, 7) is 1.54. The van der Waals surface area contributed by atoms with Crippen molar-refractivity contribution in [1.82, 2.24) is 0 Å². The summed E-state index contributed by atoms with van der Waals surface area (Å²) in [5, 5.41) is 8.91. The van der Waals surface area contributed by atoms with Gasteiger partial charge in [0.05, 0.1) is 5.56 Å². The summed E-state index contributed by atoms with van der Waals surface area (Å²) in [4.78, 5) is 22.1. The molecule has 0 aliphatic heterocycles. The van der Waals surface area contributed by atoms with Crippen LogP contribution in [0.4, 0.5) is 0 Å². The third-order valence-electron chi connectivity index (χ3n) is 2.80. The summed E-state index contributed by atoms with van der Waals surface area (Å²) in [5.41, 5.74) is 2.87. The van der Waals surface area contributed by atoms with Crippen molar-refractivity contribution in [2.24, 2.45) is 0 Å². The van der Waals surface area contributed by atoms with Crippen molar-refractivity contribution < 1.29 is 14.7 Å². The van der Waals surface area contributed by atoms with Crippen molar-refractivity contribution in [1.29, 1.82) is 0 Å². The predicted octanol–water partition coefficient (Wildman–Crippen LogP) is 2.69. The number of rotatable bonds is 3. The molecule has 0 bridgehead atoms. The zero-order chi connectivity index (χ0) is 12.4. The monoisotopic (exact) mass is 228 g/mol. The molecule has 86 valence electrons. The second-order valence-corrected chi connectivity index (χ2v) is 4.00. The van der Waals surface area contributed by atoms with Crippen LogP contribution in [-0.2, 0) is 4.79 Å². The Morgan fingerprint density at radius 3 is 2.59 bits per heavy atom. The molecule has 1 aromatic rings. The molecule has 0 radical (unpaired) electrons. The van der Waals surface area contributed by atoms with Gasteiger partial charge in [-0.25, -0.2) is 4.79 Å². The van der Waals surface area contributed by atoms with Crippen molar-refractivity contribution in [3.63, 3.8) is 0 Å². The molecule has 1 N–H and O–H groups in total. The molecular formula is C14H12O3. The van der Waals surface area contributed by atoms with Gasteiger partial charge in [-0.2, -0.15) is 0 Å². The first-order valence-electron chi connectivity index (χ1n) is 5.32. The molecule has 1 aromatic carbocycles. The maximum Gasteiger partial charge on any atom is 0.335 e. The van der Waals surface area contributed by atoms with E-state index in [1.54, 1.807) is 24.3 Å². The Bertz CT molecular complexity index is 550. The van der Waals surface area contributed by atoms with Gasteiger partial charge in [-0.3, -0.25) is 4.79 Å². The smallest absolute Gasteiger partial charge is 0.335 e. The van der Waals surface area contributed by atoms with Crippen LogP contribution in [0.5, 0.6) is 0 Å². The highest BCUT2D eigenvalue weighted by Crippen LogP contribution is 2.28. The van der Waals surface area contributed by atoms with E-state index < -0.39 is 5.97 Å². The molecule has 3 nitrogen and oxygen atoms in total. The maximum absolute atomic E-state index is 11.2. The van der Waals surface area contributed by atoms with Gasteiger partial charge in [-0.1, -0.05) is 24.3 Å². The minimum Gasteiger partial charge on any atom is -0.478 e. The second-order valence-electron chi connectivity index (χ2n) is 4.00. The molecule has 17 heavy (non-hydrogen) atoms. The number of hydrogen-bond donors (Lipinski definition) is 1. The van der Waals surface area contributed by atoms with Crippen LogP contribution in [0, 0.1) is 0 Å². The van der Waals surface area contributed by atoms with E-state index in [1.165, 1.54) is 6.92 Å². The van der Waals surface area contributed by atoms with Gasteiger partial charge in [-0.15, -0.1) is 0 Å². The van der Waals surface area contributed by atoms with Crippen molar-refractivity contribution in [2.75, 3.05) is 0 Å². The Kier molecular flexibility index (Phi) is 2.91. The molecule has 0 spiro atoms. The van der Waals surface area contributed by atoms with Gasteiger partial charge in [0, 0.05) is 6.42 Å². The zero-order valence-corrected chi connectivity index (χ0v) is 9.43. The molecule has 0 atom stereocenters. The Morgan fingerprint density at radius 1 is 1.24 bits per heavy atom. The summed E-state index contributed by atoms with van der Waals surface area (Å²) in [5.74, 6) is -0.879. The maximum atomic E-state index is 11.2. The van der Waals surface area contributed by atoms with Crippen molar-refractivity contribution in [3.05, 3.63) is 53.1 Å². The number of hydrogen-bond acceptors (Lipinski definition) is 2. The molecule has 0 amide bonds. The molecule has 1 aliphatic carbocycles. The average molecular weight is 228 g/mol. The number of ketones is 1. The van der Waals surface area contributed by atoms with Crippen LogP contribution in [0.25, 0.3) is 5.57 Å². The molecule has 1 aliphatic rings. The van der Waals surface area contributed by atoms with Gasteiger partial charge in [0.1, 0.15) is 0 Å². The standard InChI is InChI=1S/C14H12O3/c1-9(15)10-5-6-12(7-10)11-3-2-4-13(8-11)14(16)17/h2-6,8H,7H2,1H3,(H,16,17). The van der Waals surface area contributed by atoms with Crippen molar-refractivity contribution in [3.8, 4) is 0 Å². The Balaban J connectivity index is 2.24. The lowest BCUT2D eigenvalue weighted by atomic mass is 10.00. The molecule has 0 fully saturated rings. The van der Waals surface area contributed by atoms with Crippen LogP contribution in [0.2, 0.25) is 0 Å². The van der Waals surface area contributed by atoms with Gasteiger partial charge in [0.15, 0.2) is 5.78 Å². The summed E-state index contributed by atoms with van der Waals surface area (Å²) in [6, 6.07) is 6.76. The quantitative estimate of drug-likeness (QED) is 0.865. The van der Waals surface area contributed by atoms with Crippen LogP contribution in [0.1, 0.15) is 29.3 Å². The normalized spacial score (nSPS) is 14.2. The Labute approximate surface area is 99.1 Å². The highest BCUT2D eigenvalue weighted by molar-refractivity contribution is 5.98. The first-order chi connectivity index (χ1) is 8.08. The molecule has 2 rings (SSSR count). The SMILES string of the molecule is CC(=O)C1=CC=C(c2cccc(C(=O)O)c2)C1. The molecule has 0 saturated carbocycles. The van der Waals surface area contributed by atoms with Gasteiger partial charge in [0.2, 0.25) is 0 Å². The predicted molar refractivity (Wildman–Crippen MR) is 64.8 cm³/mol. The van der Waals surface area contributed by atoms with E-state index in [0.717, 1.165) is 16.7 Å². The first kappa shape index (κ1) is 11.3. The van der Waals surface area contributed by atoms with Crippen LogP contribution < -0.4 is 0 Å². The van der Waals surface area contributed by atoms with Crippen molar-refractivity contribution >= 4 is 17.3 Å².